The van der Waals surface area contributed by atoms with Crippen molar-refractivity contribution in [2.45, 2.75) is 58.0 Å². The molecule has 1 aromatic heterocycles. The van der Waals surface area contributed by atoms with E-state index in [9.17, 15) is 5.11 Å². The number of nitrogens with zero attached hydrogens (tertiary/aromatic N) is 1. The van der Waals surface area contributed by atoms with Crippen molar-refractivity contribution < 1.29 is 9.52 Å². The second kappa shape index (κ2) is 6.90. The lowest BCUT2D eigenvalue weighted by molar-refractivity contribution is 0.202. The zero-order valence-electron chi connectivity index (χ0n) is 11.2. The number of rotatable bonds is 6. The third-order valence-corrected chi connectivity index (χ3v) is 3.84. The fourth-order valence-corrected chi connectivity index (χ4v) is 2.88. The van der Waals surface area contributed by atoms with Crippen molar-refractivity contribution in [1.29, 1.82) is 0 Å². The summed E-state index contributed by atoms with van der Waals surface area (Å²) < 4.78 is 5.46. The number of oxazole rings is 1. The number of aliphatic hydroxyl groups is 1. The summed E-state index contributed by atoms with van der Waals surface area (Å²) in [6.07, 6.45) is 9.15. The van der Waals surface area contributed by atoms with E-state index in [0.29, 0.717) is 18.5 Å². The van der Waals surface area contributed by atoms with Crippen LogP contribution in [0.1, 0.15) is 50.2 Å². The van der Waals surface area contributed by atoms with Gasteiger partial charge in [-0.15, -0.1) is 0 Å². The molecule has 0 radical (unpaired) electrons. The Morgan fingerprint density at radius 3 is 2.83 bits per heavy atom. The average Bonchev–Trinajstić information content (AvgIpc) is 2.81. The van der Waals surface area contributed by atoms with Crippen molar-refractivity contribution in [1.82, 2.24) is 10.3 Å². The van der Waals surface area contributed by atoms with Crippen LogP contribution in [0.4, 0.5) is 0 Å². The van der Waals surface area contributed by atoms with Crippen LogP contribution in [0.25, 0.3) is 0 Å². The second-order valence-corrected chi connectivity index (χ2v) is 5.26. The molecule has 2 rings (SSSR count). The number of aromatic nitrogens is 1. The minimum atomic E-state index is 0.249. The molecule has 0 bridgehead atoms. The van der Waals surface area contributed by atoms with E-state index in [1.165, 1.54) is 32.1 Å². The molecule has 1 atom stereocenters. The van der Waals surface area contributed by atoms with Gasteiger partial charge in [-0.05, 0) is 32.1 Å². The van der Waals surface area contributed by atoms with Gasteiger partial charge in [0.1, 0.15) is 5.76 Å². The molecule has 18 heavy (non-hydrogen) atoms. The Bertz CT molecular complexity index is 345. The monoisotopic (exact) mass is 252 g/mol. The predicted molar refractivity (Wildman–Crippen MR) is 70.1 cm³/mol. The molecule has 0 aliphatic heterocycles. The van der Waals surface area contributed by atoms with Crippen LogP contribution in [-0.2, 0) is 6.54 Å². The topological polar surface area (TPSA) is 58.3 Å². The number of hydrogen-bond acceptors (Lipinski definition) is 4. The molecule has 0 spiro atoms. The molecular formula is C14H24N2O2. The lowest BCUT2D eigenvalue weighted by Gasteiger charge is -2.30. The van der Waals surface area contributed by atoms with E-state index in [1.807, 2.05) is 6.92 Å². The fraction of sp³-hybridized carbons (Fsp3) is 0.786. The molecule has 4 heteroatoms. The molecule has 0 saturated heterocycles. The van der Waals surface area contributed by atoms with Gasteiger partial charge < -0.3 is 14.8 Å². The van der Waals surface area contributed by atoms with Crippen LogP contribution in [0.3, 0.4) is 0 Å². The summed E-state index contributed by atoms with van der Waals surface area (Å²) in [5.74, 6) is 2.29. The fourth-order valence-electron chi connectivity index (χ4n) is 2.88. The zero-order chi connectivity index (χ0) is 12.8. The summed E-state index contributed by atoms with van der Waals surface area (Å²) in [5, 5.41) is 12.7. The first-order valence-electron chi connectivity index (χ1n) is 7.05. The quantitative estimate of drug-likeness (QED) is 0.816. The Morgan fingerprint density at radius 1 is 1.44 bits per heavy atom. The highest BCUT2D eigenvalue weighted by atomic mass is 16.4. The van der Waals surface area contributed by atoms with Crippen molar-refractivity contribution in [3.8, 4) is 0 Å². The first-order chi connectivity index (χ1) is 8.79. The lowest BCUT2D eigenvalue weighted by Crippen LogP contribution is -2.37. The highest BCUT2D eigenvalue weighted by molar-refractivity contribution is 4.91. The smallest absolute Gasteiger partial charge is 0.208 e. The average molecular weight is 252 g/mol. The molecule has 2 N–H and O–H groups in total. The second-order valence-electron chi connectivity index (χ2n) is 5.26. The minimum Gasteiger partial charge on any atom is -0.445 e. The number of aliphatic hydroxyl groups excluding tert-OH is 1. The largest absolute Gasteiger partial charge is 0.445 e. The van der Waals surface area contributed by atoms with E-state index in [0.717, 1.165) is 18.1 Å². The van der Waals surface area contributed by atoms with Gasteiger partial charge in [-0.25, -0.2) is 4.98 Å². The van der Waals surface area contributed by atoms with Gasteiger partial charge in [-0.2, -0.15) is 0 Å². The van der Waals surface area contributed by atoms with Crippen LogP contribution >= 0.6 is 0 Å². The molecular weight excluding hydrogens is 228 g/mol. The summed E-state index contributed by atoms with van der Waals surface area (Å²) in [5.41, 5.74) is 0. The molecule has 1 heterocycles. The zero-order valence-corrected chi connectivity index (χ0v) is 11.2. The molecule has 1 saturated carbocycles. The van der Waals surface area contributed by atoms with Gasteiger partial charge in [0.05, 0.1) is 12.7 Å². The maximum atomic E-state index is 9.19. The third-order valence-electron chi connectivity index (χ3n) is 3.84. The Hall–Kier alpha value is -0.870. The van der Waals surface area contributed by atoms with E-state index in [-0.39, 0.29) is 6.61 Å². The van der Waals surface area contributed by atoms with Gasteiger partial charge in [0.25, 0.3) is 0 Å². The lowest BCUT2D eigenvalue weighted by atomic mass is 9.83. The molecule has 4 nitrogen and oxygen atoms in total. The standard InChI is InChI=1S/C14H24N2O2/c1-11-9-16-14(18-11)10-15-13(7-8-17)12-5-3-2-4-6-12/h9,12-13,15,17H,2-8,10H2,1H3/t13-/m1/s1. The van der Waals surface area contributed by atoms with Gasteiger partial charge in [0.15, 0.2) is 0 Å². The highest BCUT2D eigenvalue weighted by Gasteiger charge is 2.23. The molecule has 0 unspecified atom stereocenters. The summed E-state index contributed by atoms with van der Waals surface area (Å²) in [4.78, 5) is 4.20. The van der Waals surface area contributed by atoms with Gasteiger partial charge >= 0.3 is 0 Å². The van der Waals surface area contributed by atoms with Crippen molar-refractivity contribution in [2.75, 3.05) is 6.61 Å². The number of hydrogen-bond donors (Lipinski definition) is 2. The molecule has 0 amide bonds. The van der Waals surface area contributed by atoms with Crippen LogP contribution in [0, 0.1) is 12.8 Å². The molecule has 1 aromatic rings. The molecule has 102 valence electrons. The van der Waals surface area contributed by atoms with Gasteiger partial charge in [-0.3, -0.25) is 0 Å². The molecule has 1 aliphatic carbocycles. The molecule has 1 aliphatic rings. The first-order valence-corrected chi connectivity index (χ1v) is 7.05. The Labute approximate surface area is 109 Å². The molecule has 0 aromatic carbocycles. The summed E-state index contributed by atoms with van der Waals surface area (Å²) in [7, 11) is 0. The summed E-state index contributed by atoms with van der Waals surface area (Å²) >= 11 is 0. The Morgan fingerprint density at radius 2 is 2.22 bits per heavy atom. The van der Waals surface area contributed by atoms with Crippen molar-refractivity contribution in [3.63, 3.8) is 0 Å². The number of aryl methyl sites for hydroxylation is 1. The normalized spacial score (nSPS) is 19.0. The van der Waals surface area contributed by atoms with Crippen LogP contribution in [0.5, 0.6) is 0 Å². The van der Waals surface area contributed by atoms with Gasteiger partial charge in [0.2, 0.25) is 5.89 Å². The van der Waals surface area contributed by atoms with Crippen LogP contribution in [-0.4, -0.2) is 22.7 Å². The van der Waals surface area contributed by atoms with E-state index < -0.39 is 0 Å². The van der Waals surface area contributed by atoms with Crippen molar-refractivity contribution in [3.05, 3.63) is 17.8 Å². The van der Waals surface area contributed by atoms with Crippen LogP contribution in [0.15, 0.2) is 10.6 Å². The van der Waals surface area contributed by atoms with E-state index in [4.69, 9.17) is 4.42 Å². The maximum absolute atomic E-state index is 9.19. The van der Waals surface area contributed by atoms with E-state index in [1.54, 1.807) is 6.20 Å². The van der Waals surface area contributed by atoms with Crippen molar-refractivity contribution >= 4 is 0 Å². The minimum absolute atomic E-state index is 0.249. The van der Waals surface area contributed by atoms with Crippen molar-refractivity contribution in [2.24, 2.45) is 5.92 Å². The SMILES string of the molecule is Cc1cnc(CN[C@H](CCO)C2CCCCC2)o1. The summed E-state index contributed by atoms with van der Waals surface area (Å²) in [6.45, 7) is 2.82. The summed E-state index contributed by atoms with van der Waals surface area (Å²) in [6, 6.07) is 0.391. The van der Waals surface area contributed by atoms with Gasteiger partial charge in [0, 0.05) is 12.6 Å². The predicted octanol–water partition coefficient (Wildman–Crippen LogP) is 2.40. The maximum Gasteiger partial charge on any atom is 0.208 e. The van der Waals surface area contributed by atoms with Crippen LogP contribution < -0.4 is 5.32 Å². The highest BCUT2D eigenvalue weighted by Crippen LogP contribution is 2.27. The first kappa shape index (κ1) is 13.6. The van der Waals surface area contributed by atoms with E-state index in [2.05, 4.69) is 10.3 Å². The number of nitrogens with one attached hydrogen (secondary N) is 1. The Balaban J connectivity index is 1.85. The Kier molecular flexibility index (Phi) is 5.20. The van der Waals surface area contributed by atoms with Gasteiger partial charge in [-0.1, -0.05) is 19.3 Å². The third kappa shape index (κ3) is 3.82. The van der Waals surface area contributed by atoms with Crippen LogP contribution in [0.2, 0.25) is 0 Å². The molecule has 1 fully saturated rings. The van der Waals surface area contributed by atoms with E-state index >= 15 is 0 Å².